The zero-order chi connectivity index (χ0) is 12.8. The van der Waals surface area contributed by atoms with E-state index in [2.05, 4.69) is 0 Å². The first-order chi connectivity index (χ1) is 8.02. The number of nitrogens with zero attached hydrogens (tertiary/aromatic N) is 1. The molecule has 0 bridgehead atoms. The van der Waals surface area contributed by atoms with Gasteiger partial charge in [-0.1, -0.05) is 6.07 Å². The van der Waals surface area contributed by atoms with Crippen molar-refractivity contribution in [1.29, 1.82) is 5.41 Å². The summed E-state index contributed by atoms with van der Waals surface area (Å²) in [5.74, 6) is -1.15. The van der Waals surface area contributed by atoms with Gasteiger partial charge in [-0.2, -0.15) is 0 Å². The molecule has 0 aromatic heterocycles. The number of hydrogen-bond acceptors (Lipinski definition) is 4. The summed E-state index contributed by atoms with van der Waals surface area (Å²) in [6.45, 7) is 0.0708. The standard InChI is InChI=1S/C10H12FN3O3/c11-7-3-1-4-8(14(15)16)10(7)17-6-2-5-9(12)13/h1,3-4H,2,5-6H2,(H3,12,13). The molecule has 0 heterocycles. The lowest BCUT2D eigenvalue weighted by Crippen LogP contribution is -2.11. The Morgan fingerprint density at radius 3 is 2.88 bits per heavy atom. The SMILES string of the molecule is N=C(N)CCCOc1c(F)cccc1[N+](=O)[O-]. The van der Waals surface area contributed by atoms with Crippen LogP contribution in [0.5, 0.6) is 5.75 Å². The van der Waals surface area contributed by atoms with E-state index in [9.17, 15) is 14.5 Å². The number of amidine groups is 1. The summed E-state index contributed by atoms with van der Waals surface area (Å²) in [6.07, 6.45) is 0.711. The second-order valence-corrected chi connectivity index (χ2v) is 3.32. The van der Waals surface area contributed by atoms with Crippen LogP contribution in [0.4, 0.5) is 10.1 Å². The van der Waals surface area contributed by atoms with E-state index in [-0.39, 0.29) is 18.2 Å². The third-order valence-corrected chi connectivity index (χ3v) is 1.98. The maximum Gasteiger partial charge on any atom is 0.314 e. The van der Waals surface area contributed by atoms with E-state index in [1.54, 1.807) is 0 Å². The Labute approximate surface area is 96.8 Å². The molecule has 7 heteroatoms. The smallest absolute Gasteiger partial charge is 0.314 e. The normalized spacial score (nSPS) is 9.94. The quantitative estimate of drug-likeness (QED) is 0.261. The summed E-state index contributed by atoms with van der Waals surface area (Å²) >= 11 is 0. The second kappa shape index (κ2) is 5.78. The summed E-state index contributed by atoms with van der Waals surface area (Å²) in [7, 11) is 0. The van der Waals surface area contributed by atoms with Gasteiger partial charge < -0.3 is 10.5 Å². The highest BCUT2D eigenvalue weighted by Crippen LogP contribution is 2.29. The van der Waals surface area contributed by atoms with Gasteiger partial charge in [0.1, 0.15) is 0 Å². The van der Waals surface area contributed by atoms with Crippen molar-refractivity contribution in [3.05, 3.63) is 34.1 Å². The molecule has 0 aliphatic rings. The van der Waals surface area contributed by atoms with Crippen LogP contribution in [0.1, 0.15) is 12.8 Å². The fraction of sp³-hybridized carbons (Fsp3) is 0.300. The van der Waals surface area contributed by atoms with Gasteiger partial charge in [-0.25, -0.2) is 4.39 Å². The summed E-state index contributed by atoms with van der Waals surface area (Å²) in [4.78, 5) is 9.91. The number of hydrogen-bond donors (Lipinski definition) is 2. The topological polar surface area (TPSA) is 102 Å². The predicted octanol–water partition coefficient (Wildman–Crippen LogP) is 1.83. The minimum atomic E-state index is -0.776. The molecule has 0 saturated carbocycles. The van der Waals surface area contributed by atoms with Crippen molar-refractivity contribution in [2.24, 2.45) is 5.73 Å². The Kier molecular flexibility index (Phi) is 4.38. The summed E-state index contributed by atoms with van der Waals surface area (Å²) in [5, 5.41) is 17.6. The van der Waals surface area contributed by atoms with Crippen LogP contribution in [0.2, 0.25) is 0 Å². The fourth-order valence-corrected chi connectivity index (χ4v) is 1.22. The maximum atomic E-state index is 13.3. The molecule has 3 N–H and O–H groups in total. The Morgan fingerprint density at radius 2 is 2.29 bits per heavy atom. The van der Waals surface area contributed by atoms with Gasteiger partial charge in [-0.15, -0.1) is 0 Å². The molecule has 0 aliphatic heterocycles. The highest BCUT2D eigenvalue weighted by Gasteiger charge is 2.18. The van der Waals surface area contributed by atoms with E-state index in [0.717, 1.165) is 6.07 Å². The van der Waals surface area contributed by atoms with Crippen LogP contribution in [0.3, 0.4) is 0 Å². The summed E-state index contributed by atoms with van der Waals surface area (Å²) in [5.41, 5.74) is 4.72. The lowest BCUT2D eigenvalue weighted by Gasteiger charge is -2.07. The van der Waals surface area contributed by atoms with Crippen LogP contribution in [-0.2, 0) is 0 Å². The largest absolute Gasteiger partial charge is 0.485 e. The zero-order valence-electron chi connectivity index (χ0n) is 8.98. The van der Waals surface area contributed by atoms with Crippen LogP contribution in [0.15, 0.2) is 18.2 Å². The monoisotopic (exact) mass is 241 g/mol. The number of nitro groups is 1. The Balaban J connectivity index is 2.69. The van der Waals surface area contributed by atoms with Gasteiger partial charge >= 0.3 is 5.69 Å². The van der Waals surface area contributed by atoms with Crippen molar-refractivity contribution in [1.82, 2.24) is 0 Å². The molecule has 0 fully saturated rings. The minimum Gasteiger partial charge on any atom is -0.485 e. The van der Waals surface area contributed by atoms with Gasteiger partial charge in [-0.05, 0) is 12.5 Å². The van der Waals surface area contributed by atoms with Crippen molar-refractivity contribution >= 4 is 11.5 Å². The van der Waals surface area contributed by atoms with Crippen molar-refractivity contribution in [2.45, 2.75) is 12.8 Å². The van der Waals surface area contributed by atoms with Crippen molar-refractivity contribution in [3.8, 4) is 5.75 Å². The van der Waals surface area contributed by atoms with Gasteiger partial charge in [0.2, 0.25) is 5.75 Å². The van der Waals surface area contributed by atoms with Gasteiger partial charge in [-0.3, -0.25) is 15.5 Å². The number of nitrogens with two attached hydrogens (primary N) is 1. The number of halogens is 1. The van der Waals surface area contributed by atoms with Gasteiger partial charge in [0.05, 0.1) is 17.4 Å². The van der Waals surface area contributed by atoms with Gasteiger partial charge in [0.15, 0.2) is 5.82 Å². The first-order valence-corrected chi connectivity index (χ1v) is 4.91. The summed E-state index contributed by atoms with van der Waals surface area (Å²) in [6, 6.07) is 3.51. The summed E-state index contributed by atoms with van der Waals surface area (Å²) < 4.78 is 18.3. The van der Waals surface area contributed by atoms with E-state index in [1.807, 2.05) is 0 Å². The highest BCUT2D eigenvalue weighted by atomic mass is 19.1. The number of rotatable bonds is 6. The molecule has 1 aromatic rings. The molecule has 0 aliphatic carbocycles. The first kappa shape index (κ1) is 12.9. The predicted molar refractivity (Wildman–Crippen MR) is 59.7 cm³/mol. The number of nitro benzene ring substituents is 1. The second-order valence-electron chi connectivity index (χ2n) is 3.32. The number of ether oxygens (including phenoxy) is 1. The molecule has 0 radical (unpaired) electrons. The molecule has 92 valence electrons. The molecule has 0 atom stereocenters. The molecule has 0 unspecified atom stereocenters. The number of para-hydroxylation sites is 1. The molecule has 0 amide bonds. The minimum absolute atomic E-state index is 0.00312. The third-order valence-electron chi connectivity index (χ3n) is 1.98. The molecule has 0 spiro atoms. The molecule has 1 rings (SSSR count). The Hall–Kier alpha value is -2.18. The van der Waals surface area contributed by atoms with Crippen LogP contribution in [-0.4, -0.2) is 17.4 Å². The van der Waals surface area contributed by atoms with E-state index in [1.165, 1.54) is 12.1 Å². The zero-order valence-corrected chi connectivity index (χ0v) is 8.98. The fourth-order valence-electron chi connectivity index (χ4n) is 1.22. The first-order valence-electron chi connectivity index (χ1n) is 4.91. The molecule has 17 heavy (non-hydrogen) atoms. The molecule has 0 saturated heterocycles. The van der Waals surface area contributed by atoms with E-state index in [0.29, 0.717) is 12.8 Å². The Bertz CT molecular complexity index is 437. The average Bonchev–Trinajstić information content (AvgIpc) is 2.25. The van der Waals surface area contributed by atoms with Crippen LogP contribution >= 0.6 is 0 Å². The van der Waals surface area contributed by atoms with Gasteiger partial charge in [0.25, 0.3) is 0 Å². The highest BCUT2D eigenvalue weighted by molar-refractivity contribution is 5.76. The van der Waals surface area contributed by atoms with Crippen molar-refractivity contribution in [2.75, 3.05) is 6.61 Å². The molecule has 6 nitrogen and oxygen atoms in total. The molecular weight excluding hydrogens is 229 g/mol. The van der Waals surface area contributed by atoms with E-state index >= 15 is 0 Å². The van der Waals surface area contributed by atoms with Crippen molar-refractivity contribution < 1.29 is 14.1 Å². The Morgan fingerprint density at radius 1 is 1.59 bits per heavy atom. The van der Waals surface area contributed by atoms with Gasteiger partial charge in [0, 0.05) is 12.5 Å². The average molecular weight is 241 g/mol. The maximum absolute atomic E-state index is 13.3. The number of benzene rings is 1. The van der Waals surface area contributed by atoms with Crippen LogP contribution in [0.25, 0.3) is 0 Å². The van der Waals surface area contributed by atoms with Crippen LogP contribution in [0, 0.1) is 21.3 Å². The molecular formula is C10H12FN3O3. The number of nitrogens with one attached hydrogen (secondary N) is 1. The van der Waals surface area contributed by atoms with Crippen LogP contribution < -0.4 is 10.5 Å². The van der Waals surface area contributed by atoms with E-state index < -0.39 is 16.4 Å². The van der Waals surface area contributed by atoms with Crippen molar-refractivity contribution in [3.63, 3.8) is 0 Å². The lowest BCUT2D eigenvalue weighted by molar-refractivity contribution is -0.386. The third kappa shape index (κ3) is 3.71. The molecule has 1 aromatic carbocycles. The van der Waals surface area contributed by atoms with E-state index in [4.69, 9.17) is 15.9 Å². The lowest BCUT2D eigenvalue weighted by atomic mass is 10.3.